The zero-order chi connectivity index (χ0) is 15.0. The lowest BCUT2D eigenvalue weighted by Crippen LogP contribution is -2.37. The number of benzene rings is 1. The fraction of sp³-hybridized carbons (Fsp3) is 0.375. The molecule has 0 saturated heterocycles. The molecule has 0 aliphatic heterocycles. The first-order valence-corrected chi connectivity index (χ1v) is 7.06. The largest absolute Gasteiger partial charge is 0.481 e. The summed E-state index contributed by atoms with van der Waals surface area (Å²) in [4.78, 5) is 23.1. The number of aliphatic carboxylic acids is 1. The second kappa shape index (κ2) is 5.24. The highest BCUT2D eigenvalue weighted by atomic mass is 16.4. The summed E-state index contributed by atoms with van der Waals surface area (Å²) in [5.74, 6) is -0.738. The van der Waals surface area contributed by atoms with Crippen LogP contribution in [-0.2, 0) is 4.79 Å². The van der Waals surface area contributed by atoms with Crippen molar-refractivity contribution in [2.45, 2.75) is 32.2 Å². The van der Waals surface area contributed by atoms with E-state index in [-0.39, 0.29) is 30.0 Å². The highest BCUT2D eigenvalue weighted by molar-refractivity contribution is 5.96. The van der Waals surface area contributed by atoms with Gasteiger partial charge in [0.25, 0.3) is 5.91 Å². The Morgan fingerprint density at radius 2 is 2.14 bits per heavy atom. The molecule has 5 nitrogen and oxygen atoms in total. The molecule has 5 heteroatoms. The molecule has 1 aromatic heterocycles. The molecule has 0 bridgehead atoms. The molecule has 1 fully saturated rings. The predicted octanol–water partition coefficient (Wildman–Crippen LogP) is 2.72. The van der Waals surface area contributed by atoms with Crippen LogP contribution in [0, 0.1) is 12.8 Å². The van der Waals surface area contributed by atoms with Gasteiger partial charge in [-0.3, -0.25) is 9.59 Å². The topological polar surface area (TPSA) is 79.5 Å². The fourth-order valence-electron chi connectivity index (χ4n) is 2.54. The van der Waals surface area contributed by atoms with Gasteiger partial charge in [-0.1, -0.05) is 11.6 Å². The Kier molecular flexibility index (Phi) is 3.41. The number of carboxylic acid groups (broad SMARTS) is 1. The summed E-state index contributed by atoms with van der Waals surface area (Å²) in [6, 6.07) is 7.08. The van der Waals surface area contributed by atoms with Gasteiger partial charge in [0.2, 0.25) is 0 Å². The van der Waals surface area contributed by atoms with Gasteiger partial charge in [0, 0.05) is 11.4 Å². The van der Waals surface area contributed by atoms with E-state index in [9.17, 15) is 9.59 Å². The molecule has 1 saturated carbocycles. The van der Waals surface area contributed by atoms with E-state index in [1.807, 2.05) is 25.1 Å². The van der Waals surface area contributed by atoms with E-state index < -0.39 is 5.97 Å². The molecule has 1 aromatic carbocycles. The quantitative estimate of drug-likeness (QED) is 0.886. The molecular formula is C16H17NO4. The van der Waals surface area contributed by atoms with Crippen LogP contribution in [-0.4, -0.2) is 23.0 Å². The monoisotopic (exact) mass is 287 g/mol. The number of carbonyl (C=O) groups excluding carboxylic acids is 1. The lowest BCUT2D eigenvalue weighted by Gasteiger charge is -2.14. The van der Waals surface area contributed by atoms with Crippen LogP contribution in [0.25, 0.3) is 11.0 Å². The highest BCUT2D eigenvalue weighted by Gasteiger charge is 2.34. The molecule has 1 aliphatic carbocycles. The van der Waals surface area contributed by atoms with E-state index in [4.69, 9.17) is 9.52 Å². The number of hydrogen-bond acceptors (Lipinski definition) is 3. The Morgan fingerprint density at radius 3 is 2.81 bits per heavy atom. The van der Waals surface area contributed by atoms with Crippen molar-refractivity contribution >= 4 is 22.8 Å². The number of amides is 1. The molecule has 1 unspecified atom stereocenters. The van der Waals surface area contributed by atoms with Gasteiger partial charge in [0.05, 0.1) is 6.42 Å². The first kappa shape index (κ1) is 13.7. The molecule has 1 aliphatic rings. The van der Waals surface area contributed by atoms with Crippen LogP contribution in [0.5, 0.6) is 0 Å². The third-order valence-corrected chi connectivity index (χ3v) is 3.80. The number of aryl methyl sites for hydroxylation is 1. The average molecular weight is 287 g/mol. The molecule has 1 amide bonds. The summed E-state index contributed by atoms with van der Waals surface area (Å²) in [5, 5.41) is 12.6. The van der Waals surface area contributed by atoms with Crippen LogP contribution in [0.15, 0.2) is 28.7 Å². The highest BCUT2D eigenvalue weighted by Crippen LogP contribution is 2.34. The van der Waals surface area contributed by atoms with Gasteiger partial charge in [-0.05, 0) is 43.9 Å². The first-order valence-electron chi connectivity index (χ1n) is 7.06. The van der Waals surface area contributed by atoms with Crippen molar-refractivity contribution in [2.75, 3.05) is 0 Å². The van der Waals surface area contributed by atoms with Crippen molar-refractivity contribution in [2.24, 2.45) is 5.92 Å². The molecule has 0 spiro atoms. The maximum absolute atomic E-state index is 12.2. The summed E-state index contributed by atoms with van der Waals surface area (Å²) in [6.07, 6.45) is 1.89. The van der Waals surface area contributed by atoms with E-state index >= 15 is 0 Å². The van der Waals surface area contributed by atoms with Crippen LogP contribution in [0.1, 0.15) is 35.4 Å². The van der Waals surface area contributed by atoms with Crippen molar-refractivity contribution in [1.29, 1.82) is 0 Å². The van der Waals surface area contributed by atoms with Gasteiger partial charge < -0.3 is 14.8 Å². The normalized spacial score (nSPS) is 15.9. The number of furan rings is 1. The number of carbonyl (C=O) groups is 2. The molecule has 3 rings (SSSR count). The van der Waals surface area contributed by atoms with Gasteiger partial charge in [0.15, 0.2) is 5.76 Å². The number of hydrogen-bond donors (Lipinski definition) is 2. The predicted molar refractivity (Wildman–Crippen MR) is 77.2 cm³/mol. The van der Waals surface area contributed by atoms with E-state index in [0.29, 0.717) is 5.58 Å². The van der Waals surface area contributed by atoms with Gasteiger partial charge in [-0.15, -0.1) is 0 Å². The molecule has 2 N–H and O–H groups in total. The molecule has 1 atom stereocenters. The Bertz CT molecular complexity index is 699. The van der Waals surface area contributed by atoms with Crippen molar-refractivity contribution in [1.82, 2.24) is 5.32 Å². The van der Waals surface area contributed by atoms with Crippen LogP contribution >= 0.6 is 0 Å². The van der Waals surface area contributed by atoms with E-state index in [0.717, 1.165) is 23.8 Å². The van der Waals surface area contributed by atoms with Gasteiger partial charge in [-0.25, -0.2) is 0 Å². The second-order valence-corrected chi connectivity index (χ2v) is 5.67. The SMILES string of the molecule is Cc1ccc2oc(C(=O)NC(CC(=O)O)C3CC3)cc2c1. The molecule has 0 radical (unpaired) electrons. The molecule has 110 valence electrons. The minimum Gasteiger partial charge on any atom is -0.481 e. The van der Waals surface area contributed by atoms with Gasteiger partial charge in [-0.2, -0.15) is 0 Å². The van der Waals surface area contributed by atoms with Gasteiger partial charge >= 0.3 is 5.97 Å². The zero-order valence-corrected chi connectivity index (χ0v) is 11.8. The maximum atomic E-state index is 12.2. The molecule has 2 aromatic rings. The summed E-state index contributed by atoms with van der Waals surface area (Å²) < 4.78 is 5.53. The average Bonchev–Trinajstić information content (AvgIpc) is 3.17. The number of nitrogens with one attached hydrogen (secondary N) is 1. The van der Waals surface area contributed by atoms with Gasteiger partial charge in [0.1, 0.15) is 5.58 Å². The summed E-state index contributed by atoms with van der Waals surface area (Å²) in [6.45, 7) is 1.97. The Labute approximate surface area is 121 Å². The minimum atomic E-state index is -0.896. The van der Waals surface area contributed by atoms with Crippen molar-refractivity contribution in [3.63, 3.8) is 0 Å². The Hall–Kier alpha value is -2.30. The Morgan fingerprint density at radius 1 is 1.38 bits per heavy atom. The van der Waals surface area contributed by atoms with Crippen LogP contribution < -0.4 is 5.32 Å². The minimum absolute atomic E-state index is 0.0459. The lowest BCUT2D eigenvalue weighted by molar-refractivity contribution is -0.137. The fourth-order valence-corrected chi connectivity index (χ4v) is 2.54. The van der Waals surface area contributed by atoms with E-state index in [1.165, 1.54) is 0 Å². The number of rotatable bonds is 5. The molecular weight excluding hydrogens is 270 g/mol. The maximum Gasteiger partial charge on any atom is 0.305 e. The zero-order valence-electron chi connectivity index (χ0n) is 11.8. The van der Waals surface area contributed by atoms with Crippen LogP contribution in [0.2, 0.25) is 0 Å². The summed E-state index contributed by atoms with van der Waals surface area (Å²) >= 11 is 0. The van der Waals surface area contributed by atoms with Crippen LogP contribution in [0.3, 0.4) is 0 Å². The van der Waals surface area contributed by atoms with Crippen LogP contribution in [0.4, 0.5) is 0 Å². The number of carboxylic acids is 1. The van der Waals surface area contributed by atoms with Crippen molar-refractivity contribution in [3.8, 4) is 0 Å². The smallest absolute Gasteiger partial charge is 0.305 e. The van der Waals surface area contributed by atoms with E-state index in [2.05, 4.69) is 5.32 Å². The number of fused-ring (bicyclic) bond motifs is 1. The van der Waals surface area contributed by atoms with Crippen molar-refractivity contribution in [3.05, 3.63) is 35.6 Å². The lowest BCUT2D eigenvalue weighted by atomic mass is 10.1. The summed E-state index contributed by atoms with van der Waals surface area (Å²) in [5.41, 5.74) is 1.75. The third kappa shape index (κ3) is 3.07. The first-order chi connectivity index (χ1) is 10.0. The summed E-state index contributed by atoms with van der Waals surface area (Å²) in [7, 11) is 0. The molecule has 1 heterocycles. The van der Waals surface area contributed by atoms with Crippen molar-refractivity contribution < 1.29 is 19.1 Å². The standard InChI is InChI=1S/C16H17NO4/c1-9-2-5-13-11(6-9)7-14(21-13)16(20)17-12(8-15(18)19)10-3-4-10/h2,5-7,10,12H,3-4,8H2,1H3,(H,17,20)(H,18,19). The molecule has 21 heavy (non-hydrogen) atoms. The second-order valence-electron chi connectivity index (χ2n) is 5.67. The third-order valence-electron chi connectivity index (χ3n) is 3.80. The Balaban J connectivity index is 1.77. The van der Waals surface area contributed by atoms with E-state index in [1.54, 1.807) is 6.07 Å².